The summed E-state index contributed by atoms with van der Waals surface area (Å²) in [7, 11) is 0. The smallest absolute Gasteiger partial charge is 0.433 e. The Kier molecular flexibility index (Phi) is 5.28. The second-order valence-electron chi connectivity index (χ2n) is 5.74. The molecule has 1 aromatic carbocycles. The number of hydrogen-bond acceptors (Lipinski definition) is 5. The predicted octanol–water partition coefficient (Wildman–Crippen LogP) is 3.28. The van der Waals surface area contributed by atoms with Crippen LogP contribution in [0, 0.1) is 0 Å². The predicted molar refractivity (Wildman–Crippen MR) is 94.9 cm³/mol. The van der Waals surface area contributed by atoms with Crippen molar-refractivity contribution >= 4 is 29.2 Å². The van der Waals surface area contributed by atoms with Gasteiger partial charge in [0.25, 0.3) is 5.56 Å². The zero-order valence-corrected chi connectivity index (χ0v) is 15.5. The molecule has 0 aliphatic rings. The van der Waals surface area contributed by atoms with E-state index in [4.69, 9.17) is 28.3 Å². The molecule has 3 N–H and O–H groups in total. The molecule has 0 saturated heterocycles. The van der Waals surface area contributed by atoms with E-state index >= 15 is 0 Å². The standard InChI is InChI=1S/C16H9Cl2F3N4O4/c17-8-2-1-6(4-9(8)18)3-7-12(16(19,20)21)22-15(23-13(7)27)25-11(26)5-10(24-25)14(28)29/h1-2,4-5,26H,3H2,(H,28,29)(H,22,23,27). The number of carboxylic acid groups (broad SMARTS) is 1. The van der Waals surface area contributed by atoms with E-state index in [1.165, 1.54) is 18.2 Å². The number of halogens is 5. The van der Waals surface area contributed by atoms with Gasteiger partial charge in [-0.15, -0.1) is 0 Å². The van der Waals surface area contributed by atoms with E-state index in [0.29, 0.717) is 10.7 Å². The number of aromatic amines is 1. The van der Waals surface area contributed by atoms with Crippen molar-refractivity contribution in [2.45, 2.75) is 12.6 Å². The number of rotatable bonds is 4. The molecule has 8 nitrogen and oxygen atoms in total. The van der Waals surface area contributed by atoms with Crippen LogP contribution >= 0.6 is 23.2 Å². The number of nitrogens with zero attached hydrogens (tertiary/aromatic N) is 3. The summed E-state index contributed by atoms with van der Waals surface area (Å²) in [4.78, 5) is 28.7. The minimum absolute atomic E-state index is 0.0985. The number of benzene rings is 1. The van der Waals surface area contributed by atoms with Crippen LogP contribution in [0.1, 0.15) is 27.3 Å². The lowest BCUT2D eigenvalue weighted by Gasteiger charge is -2.13. The van der Waals surface area contributed by atoms with Crippen LogP contribution in [0.2, 0.25) is 10.0 Å². The first-order chi connectivity index (χ1) is 13.5. The van der Waals surface area contributed by atoms with E-state index in [0.717, 1.165) is 0 Å². The van der Waals surface area contributed by atoms with Crippen LogP contribution < -0.4 is 5.56 Å². The lowest BCUT2D eigenvalue weighted by Crippen LogP contribution is -2.26. The molecule has 0 amide bonds. The second-order valence-corrected chi connectivity index (χ2v) is 6.56. The average Bonchev–Trinajstić information content (AvgIpc) is 3.01. The number of carbonyl (C=O) groups is 1. The molecule has 0 fully saturated rings. The van der Waals surface area contributed by atoms with Crippen molar-refractivity contribution in [3.8, 4) is 11.8 Å². The Bertz CT molecular complexity index is 1170. The Morgan fingerprint density at radius 1 is 1.21 bits per heavy atom. The molecular weight excluding hydrogens is 440 g/mol. The number of aromatic nitrogens is 4. The summed E-state index contributed by atoms with van der Waals surface area (Å²) in [6.45, 7) is 0. The molecule has 0 bridgehead atoms. The zero-order valence-electron chi connectivity index (χ0n) is 14.0. The van der Waals surface area contributed by atoms with Crippen molar-refractivity contribution in [3.63, 3.8) is 0 Å². The van der Waals surface area contributed by atoms with Gasteiger partial charge in [-0.25, -0.2) is 9.78 Å². The fraction of sp³-hybridized carbons (Fsp3) is 0.125. The number of carboxylic acids is 1. The highest BCUT2D eigenvalue weighted by atomic mass is 35.5. The SMILES string of the molecule is O=C(O)c1cc(O)n(-c2nc(C(F)(F)F)c(Cc3ccc(Cl)c(Cl)c3)c(=O)[nH]2)n1. The molecule has 13 heteroatoms. The van der Waals surface area contributed by atoms with Gasteiger partial charge in [0.05, 0.1) is 15.6 Å². The topological polar surface area (TPSA) is 121 Å². The van der Waals surface area contributed by atoms with Gasteiger partial charge < -0.3 is 10.2 Å². The van der Waals surface area contributed by atoms with Crippen molar-refractivity contribution in [2.24, 2.45) is 0 Å². The van der Waals surface area contributed by atoms with Crippen LogP contribution in [-0.4, -0.2) is 35.9 Å². The van der Waals surface area contributed by atoms with Crippen LogP contribution in [-0.2, 0) is 12.6 Å². The molecule has 29 heavy (non-hydrogen) atoms. The van der Waals surface area contributed by atoms with E-state index in [2.05, 4.69) is 15.1 Å². The highest BCUT2D eigenvalue weighted by Gasteiger charge is 2.38. The summed E-state index contributed by atoms with van der Waals surface area (Å²) in [5.41, 5.74) is -3.75. The van der Waals surface area contributed by atoms with Gasteiger partial charge in [-0.05, 0) is 17.7 Å². The third-order valence-corrected chi connectivity index (χ3v) is 4.49. The molecule has 0 saturated carbocycles. The summed E-state index contributed by atoms with van der Waals surface area (Å²) in [5, 5.41) is 22.3. The van der Waals surface area contributed by atoms with E-state index < -0.39 is 52.9 Å². The highest BCUT2D eigenvalue weighted by molar-refractivity contribution is 6.42. The highest BCUT2D eigenvalue weighted by Crippen LogP contribution is 2.31. The molecule has 3 aromatic rings. The fourth-order valence-electron chi connectivity index (χ4n) is 2.47. The van der Waals surface area contributed by atoms with Gasteiger partial charge in [0, 0.05) is 12.5 Å². The summed E-state index contributed by atoms with van der Waals surface area (Å²) in [6, 6.07) is 4.78. The number of alkyl halides is 3. The Labute approximate surface area is 169 Å². The Morgan fingerprint density at radius 3 is 2.45 bits per heavy atom. The van der Waals surface area contributed by atoms with Crippen LogP contribution in [0.25, 0.3) is 5.95 Å². The van der Waals surface area contributed by atoms with Crippen LogP contribution in [0.3, 0.4) is 0 Å². The Hall–Kier alpha value is -3.05. The van der Waals surface area contributed by atoms with Crippen LogP contribution in [0.15, 0.2) is 29.1 Å². The number of nitrogens with one attached hydrogen (secondary N) is 1. The molecule has 3 rings (SSSR count). The van der Waals surface area contributed by atoms with E-state index in [1.807, 2.05) is 0 Å². The van der Waals surface area contributed by atoms with Crippen molar-refractivity contribution < 1.29 is 28.2 Å². The number of H-pyrrole nitrogens is 1. The largest absolute Gasteiger partial charge is 0.493 e. The first-order valence-corrected chi connectivity index (χ1v) is 8.40. The maximum Gasteiger partial charge on any atom is 0.433 e. The van der Waals surface area contributed by atoms with Gasteiger partial charge in [-0.1, -0.05) is 29.3 Å². The zero-order chi connectivity index (χ0) is 21.5. The lowest BCUT2D eigenvalue weighted by atomic mass is 10.0. The Morgan fingerprint density at radius 2 is 1.90 bits per heavy atom. The first-order valence-electron chi connectivity index (χ1n) is 7.64. The van der Waals surface area contributed by atoms with Gasteiger partial charge in [0.2, 0.25) is 11.8 Å². The average molecular weight is 449 g/mol. The van der Waals surface area contributed by atoms with Crippen molar-refractivity contribution in [3.05, 3.63) is 67.2 Å². The number of aromatic carboxylic acids is 1. The normalized spacial score (nSPS) is 11.6. The second kappa shape index (κ2) is 7.41. The summed E-state index contributed by atoms with van der Waals surface area (Å²) in [6.07, 6.45) is -5.48. The molecule has 0 radical (unpaired) electrons. The monoisotopic (exact) mass is 448 g/mol. The summed E-state index contributed by atoms with van der Waals surface area (Å²) in [5.74, 6) is -3.16. The number of hydrogen-bond donors (Lipinski definition) is 3. The lowest BCUT2D eigenvalue weighted by molar-refractivity contribution is -0.142. The minimum Gasteiger partial charge on any atom is -0.493 e. The molecular formula is C16H9Cl2F3N4O4. The Balaban J connectivity index is 2.15. The molecule has 152 valence electrons. The maximum absolute atomic E-state index is 13.6. The molecule has 2 aromatic heterocycles. The minimum atomic E-state index is -5.02. The van der Waals surface area contributed by atoms with Crippen LogP contribution in [0.5, 0.6) is 5.88 Å². The van der Waals surface area contributed by atoms with Gasteiger partial charge >= 0.3 is 12.1 Å². The molecule has 2 heterocycles. The van der Waals surface area contributed by atoms with Crippen molar-refractivity contribution in [2.75, 3.05) is 0 Å². The van der Waals surface area contributed by atoms with Gasteiger partial charge in [0.1, 0.15) is 0 Å². The van der Waals surface area contributed by atoms with E-state index in [-0.39, 0.29) is 15.6 Å². The van der Waals surface area contributed by atoms with E-state index in [9.17, 15) is 27.9 Å². The third kappa shape index (κ3) is 4.20. The van der Waals surface area contributed by atoms with E-state index in [1.54, 1.807) is 0 Å². The first kappa shape index (κ1) is 20.7. The molecule has 0 unspecified atom stereocenters. The molecule has 0 aliphatic heterocycles. The molecule has 0 aliphatic carbocycles. The van der Waals surface area contributed by atoms with Gasteiger partial charge in [0.15, 0.2) is 11.4 Å². The molecule has 0 atom stereocenters. The van der Waals surface area contributed by atoms with Crippen molar-refractivity contribution in [1.82, 2.24) is 19.7 Å². The maximum atomic E-state index is 13.6. The van der Waals surface area contributed by atoms with Gasteiger partial charge in [-0.3, -0.25) is 9.78 Å². The number of aromatic hydroxyl groups is 1. The molecule has 0 spiro atoms. The third-order valence-electron chi connectivity index (χ3n) is 3.75. The summed E-state index contributed by atoms with van der Waals surface area (Å²) >= 11 is 11.6. The fourth-order valence-corrected chi connectivity index (χ4v) is 2.79. The van der Waals surface area contributed by atoms with Crippen molar-refractivity contribution in [1.29, 1.82) is 0 Å². The van der Waals surface area contributed by atoms with Gasteiger partial charge in [-0.2, -0.15) is 23.0 Å². The quantitative estimate of drug-likeness (QED) is 0.562. The van der Waals surface area contributed by atoms with Crippen LogP contribution in [0.4, 0.5) is 13.2 Å². The summed E-state index contributed by atoms with van der Waals surface area (Å²) < 4.78 is 41.0.